The minimum atomic E-state index is -4.02. The summed E-state index contributed by atoms with van der Waals surface area (Å²) in [4.78, 5) is 18.4. The molecule has 0 radical (unpaired) electrons. The summed E-state index contributed by atoms with van der Waals surface area (Å²) in [6, 6.07) is 13.6. The quantitative estimate of drug-likeness (QED) is 0.334. The Balaban J connectivity index is 1.74. The molecule has 28 heavy (non-hydrogen) atoms. The molecule has 0 saturated heterocycles. The molecule has 1 heterocycles. The Bertz CT molecular complexity index is 1010. The molecule has 1 atom stereocenters. The molecular formula is C18H18N4O5S. The maximum Gasteiger partial charge on any atom is 0.261 e. The molecule has 9 nitrogen and oxygen atoms in total. The average Bonchev–Trinajstić information content (AvgIpc) is 3.21. The molecule has 10 heteroatoms. The van der Waals surface area contributed by atoms with Crippen molar-refractivity contribution in [2.24, 2.45) is 0 Å². The van der Waals surface area contributed by atoms with Crippen LogP contribution in [0.15, 0.2) is 72.0 Å². The van der Waals surface area contributed by atoms with Crippen LogP contribution in [0.25, 0.3) is 0 Å². The van der Waals surface area contributed by atoms with Gasteiger partial charge >= 0.3 is 0 Å². The second-order valence-electron chi connectivity index (χ2n) is 5.82. The minimum absolute atomic E-state index is 0.0131. The maximum absolute atomic E-state index is 12.6. The average molecular weight is 402 g/mol. The first-order valence-corrected chi connectivity index (χ1v) is 9.73. The van der Waals surface area contributed by atoms with Gasteiger partial charge in [0.25, 0.3) is 5.91 Å². The van der Waals surface area contributed by atoms with E-state index in [0.29, 0.717) is 17.2 Å². The van der Waals surface area contributed by atoms with E-state index in [0.717, 1.165) is 0 Å². The SMILES string of the molecule is O=C(NO)[C@@H](Cc1cnc[nH]1)NS(=O)(=O)c1ccc(Oc2ccccc2)cc1. The summed E-state index contributed by atoms with van der Waals surface area (Å²) >= 11 is 0. The molecule has 3 aromatic rings. The lowest BCUT2D eigenvalue weighted by molar-refractivity contribution is -0.130. The molecule has 0 unspecified atom stereocenters. The summed E-state index contributed by atoms with van der Waals surface area (Å²) in [5.41, 5.74) is 2.00. The molecule has 0 fully saturated rings. The van der Waals surface area contributed by atoms with Crippen molar-refractivity contribution in [3.63, 3.8) is 0 Å². The van der Waals surface area contributed by atoms with Crippen LogP contribution in [0.4, 0.5) is 0 Å². The number of nitrogens with zero attached hydrogens (tertiary/aromatic N) is 1. The Morgan fingerprint density at radius 1 is 1.11 bits per heavy atom. The monoisotopic (exact) mass is 402 g/mol. The maximum atomic E-state index is 12.6. The van der Waals surface area contributed by atoms with Crippen LogP contribution >= 0.6 is 0 Å². The molecule has 0 bridgehead atoms. The molecule has 146 valence electrons. The van der Waals surface area contributed by atoms with Crippen LogP contribution in [0, 0.1) is 0 Å². The number of hydrogen-bond acceptors (Lipinski definition) is 6. The van der Waals surface area contributed by atoms with Gasteiger partial charge in [0.2, 0.25) is 10.0 Å². The number of amides is 1. The molecule has 0 aliphatic heterocycles. The fourth-order valence-corrected chi connectivity index (χ4v) is 3.64. The fourth-order valence-electron chi connectivity index (χ4n) is 2.45. The van der Waals surface area contributed by atoms with Crippen LogP contribution in [0.5, 0.6) is 11.5 Å². The normalized spacial score (nSPS) is 12.3. The van der Waals surface area contributed by atoms with Crippen molar-refractivity contribution in [2.45, 2.75) is 17.4 Å². The number of hydrogen-bond donors (Lipinski definition) is 4. The van der Waals surface area contributed by atoms with E-state index >= 15 is 0 Å². The molecule has 0 saturated carbocycles. The van der Waals surface area contributed by atoms with Gasteiger partial charge in [-0.1, -0.05) is 18.2 Å². The first-order chi connectivity index (χ1) is 13.5. The summed E-state index contributed by atoms with van der Waals surface area (Å²) in [5, 5.41) is 8.90. The van der Waals surface area contributed by atoms with Gasteiger partial charge in [-0.15, -0.1) is 0 Å². The molecule has 4 N–H and O–H groups in total. The Labute approximate surface area is 161 Å². The third kappa shape index (κ3) is 4.94. The Kier molecular flexibility index (Phi) is 6.04. The van der Waals surface area contributed by atoms with Crippen molar-refractivity contribution < 1.29 is 23.2 Å². The van der Waals surface area contributed by atoms with Crippen molar-refractivity contribution in [1.82, 2.24) is 20.2 Å². The number of imidazole rings is 1. The number of carbonyl (C=O) groups excluding carboxylic acids is 1. The van der Waals surface area contributed by atoms with Crippen molar-refractivity contribution in [3.8, 4) is 11.5 Å². The second kappa shape index (κ2) is 8.65. The number of hydroxylamine groups is 1. The van der Waals surface area contributed by atoms with Gasteiger partial charge in [-0.2, -0.15) is 4.72 Å². The van der Waals surface area contributed by atoms with Crippen LogP contribution in [0.1, 0.15) is 5.69 Å². The number of carbonyl (C=O) groups is 1. The molecule has 2 aromatic carbocycles. The third-order valence-electron chi connectivity index (χ3n) is 3.82. The molecule has 0 aliphatic rings. The number of para-hydroxylation sites is 1. The van der Waals surface area contributed by atoms with E-state index in [9.17, 15) is 13.2 Å². The number of ether oxygens (including phenoxy) is 1. The van der Waals surface area contributed by atoms with Crippen LogP contribution in [-0.4, -0.2) is 35.5 Å². The number of benzene rings is 2. The highest BCUT2D eigenvalue weighted by molar-refractivity contribution is 7.89. The van der Waals surface area contributed by atoms with E-state index in [1.165, 1.54) is 42.3 Å². The number of sulfonamides is 1. The topological polar surface area (TPSA) is 133 Å². The first kappa shape index (κ1) is 19.5. The van der Waals surface area contributed by atoms with Gasteiger partial charge < -0.3 is 9.72 Å². The number of aromatic amines is 1. The smallest absolute Gasteiger partial charge is 0.261 e. The standard InChI is InChI=1S/C18H18N4O5S/c23-18(21-24)17(10-13-11-19-12-20-13)22-28(25,26)16-8-6-15(7-9-16)27-14-4-2-1-3-5-14/h1-9,11-12,17,22,24H,10H2,(H,19,20)(H,21,23)/t17-/m1/s1. The number of rotatable bonds is 8. The van der Waals surface area contributed by atoms with Gasteiger partial charge in [-0.3, -0.25) is 10.0 Å². The lowest BCUT2D eigenvalue weighted by Gasteiger charge is -2.16. The number of H-pyrrole nitrogens is 1. The van der Waals surface area contributed by atoms with Gasteiger partial charge in [0.15, 0.2) is 0 Å². The lowest BCUT2D eigenvalue weighted by Crippen LogP contribution is -2.47. The summed E-state index contributed by atoms with van der Waals surface area (Å²) < 4.78 is 33.2. The highest BCUT2D eigenvalue weighted by Gasteiger charge is 2.26. The van der Waals surface area contributed by atoms with Crippen molar-refractivity contribution in [2.75, 3.05) is 0 Å². The zero-order chi connectivity index (χ0) is 20.0. The van der Waals surface area contributed by atoms with Gasteiger partial charge in [-0.05, 0) is 36.4 Å². The second-order valence-corrected chi connectivity index (χ2v) is 7.53. The summed E-state index contributed by atoms with van der Waals surface area (Å²) in [5.74, 6) is 0.199. The van der Waals surface area contributed by atoms with Crippen LogP contribution in [0.3, 0.4) is 0 Å². The Hall–Kier alpha value is -3.21. The largest absolute Gasteiger partial charge is 0.457 e. The summed E-state index contributed by atoms with van der Waals surface area (Å²) in [6.45, 7) is 0. The minimum Gasteiger partial charge on any atom is -0.457 e. The van der Waals surface area contributed by atoms with Gasteiger partial charge in [0.05, 0.1) is 11.2 Å². The zero-order valence-electron chi connectivity index (χ0n) is 14.6. The zero-order valence-corrected chi connectivity index (χ0v) is 15.4. The third-order valence-corrected chi connectivity index (χ3v) is 5.30. The van der Waals surface area contributed by atoms with E-state index in [2.05, 4.69) is 14.7 Å². The fraction of sp³-hybridized carbons (Fsp3) is 0.111. The van der Waals surface area contributed by atoms with Crippen molar-refractivity contribution in [3.05, 3.63) is 72.8 Å². The molecule has 0 aliphatic carbocycles. The molecule has 1 aromatic heterocycles. The van der Waals surface area contributed by atoms with E-state index in [4.69, 9.17) is 9.94 Å². The number of nitrogens with one attached hydrogen (secondary N) is 3. The van der Waals surface area contributed by atoms with Crippen molar-refractivity contribution in [1.29, 1.82) is 0 Å². The van der Waals surface area contributed by atoms with E-state index < -0.39 is 22.0 Å². The van der Waals surface area contributed by atoms with E-state index in [1.54, 1.807) is 12.1 Å². The Morgan fingerprint density at radius 3 is 2.39 bits per heavy atom. The first-order valence-electron chi connectivity index (χ1n) is 8.24. The van der Waals surface area contributed by atoms with Crippen molar-refractivity contribution >= 4 is 15.9 Å². The molecule has 1 amide bonds. The van der Waals surface area contributed by atoms with Crippen LogP contribution < -0.4 is 14.9 Å². The Morgan fingerprint density at radius 2 is 1.79 bits per heavy atom. The highest BCUT2D eigenvalue weighted by Crippen LogP contribution is 2.22. The van der Waals surface area contributed by atoms with Crippen LogP contribution in [-0.2, 0) is 21.2 Å². The van der Waals surface area contributed by atoms with Gasteiger partial charge in [0.1, 0.15) is 17.5 Å². The molecular weight excluding hydrogens is 384 g/mol. The molecule has 0 spiro atoms. The van der Waals surface area contributed by atoms with Crippen LogP contribution in [0.2, 0.25) is 0 Å². The number of aromatic nitrogens is 2. The van der Waals surface area contributed by atoms with E-state index in [1.807, 2.05) is 18.2 Å². The predicted molar refractivity (Wildman–Crippen MR) is 99.3 cm³/mol. The van der Waals surface area contributed by atoms with E-state index in [-0.39, 0.29) is 11.3 Å². The van der Waals surface area contributed by atoms with Gasteiger partial charge in [-0.25, -0.2) is 18.9 Å². The predicted octanol–water partition coefficient (Wildman–Crippen LogP) is 1.60. The summed E-state index contributed by atoms with van der Waals surface area (Å²) in [7, 11) is -4.02. The highest BCUT2D eigenvalue weighted by atomic mass is 32.2. The van der Waals surface area contributed by atoms with Gasteiger partial charge in [0, 0.05) is 18.3 Å². The lowest BCUT2D eigenvalue weighted by atomic mass is 10.2. The summed E-state index contributed by atoms with van der Waals surface area (Å²) in [6.07, 6.45) is 2.85. The molecule has 3 rings (SSSR count).